The van der Waals surface area contributed by atoms with Gasteiger partial charge in [0.1, 0.15) is 0 Å². The molecule has 0 saturated heterocycles. The quantitative estimate of drug-likeness (QED) is 0.686. The van der Waals surface area contributed by atoms with Crippen LogP contribution in [-0.4, -0.2) is 19.0 Å². The van der Waals surface area contributed by atoms with E-state index in [4.69, 9.17) is 5.73 Å². The van der Waals surface area contributed by atoms with Crippen LogP contribution in [0.15, 0.2) is 48.5 Å². The molecule has 3 rings (SSSR count). The molecular weight excluding hydrogens is 320 g/mol. The van der Waals surface area contributed by atoms with Gasteiger partial charge in [0.2, 0.25) is 5.91 Å². The Kier molecular flexibility index (Phi) is 6.84. The van der Waals surface area contributed by atoms with E-state index in [1.54, 1.807) is 6.07 Å². The molecule has 3 N–H and O–H groups in total. The first-order chi connectivity index (χ1) is 12.7. The minimum atomic E-state index is -0.384. The van der Waals surface area contributed by atoms with Gasteiger partial charge in [-0.3, -0.25) is 4.79 Å². The average molecular weight is 351 g/mol. The number of benzene rings is 2. The van der Waals surface area contributed by atoms with E-state index >= 15 is 0 Å². The SMILES string of the molecule is NC(=O)c1cccc(-c2cccc(CCNCCC3CCCCC3)c2)c1. The molecule has 0 heterocycles. The van der Waals surface area contributed by atoms with E-state index in [0.717, 1.165) is 36.6 Å². The molecule has 1 fully saturated rings. The van der Waals surface area contributed by atoms with Crippen LogP contribution < -0.4 is 11.1 Å². The second-order valence-corrected chi connectivity index (χ2v) is 7.44. The van der Waals surface area contributed by atoms with Crippen LogP contribution in [0.4, 0.5) is 0 Å². The molecule has 0 spiro atoms. The number of primary amides is 1. The van der Waals surface area contributed by atoms with E-state index in [1.165, 1.54) is 44.1 Å². The first-order valence-corrected chi connectivity index (χ1v) is 9.92. The summed E-state index contributed by atoms with van der Waals surface area (Å²) in [7, 11) is 0. The number of rotatable bonds is 8. The van der Waals surface area contributed by atoms with Crippen LogP contribution in [0.2, 0.25) is 0 Å². The molecule has 26 heavy (non-hydrogen) atoms. The lowest BCUT2D eigenvalue weighted by Gasteiger charge is -2.21. The summed E-state index contributed by atoms with van der Waals surface area (Å²) in [4.78, 5) is 11.4. The first-order valence-electron chi connectivity index (χ1n) is 9.92. The van der Waals surface area contributed by atoms with E-state index in [2.05, 4.69) is 29.6 Å². The monoisotopic (exact) mass is 350 g/mol. The van der Waals surface area contributed by atoms with Crippen LogP contribution in [0.1, 0.15) is 54.4 Å². The molecule has 0 unspecified atom stereocenters. The third kappa shape index (κ3) is 5.43. The topological polar surface area (TPSA) is 55.1 Å². The predicted octanol–water partition coefficient (Wildman–Crippen LogP) is 4.56. The summed E-state index contributed by atoms with van der Waals surface area (Å²) in [6.07, 6.45) is 9.47. The summed E-state index contributed by atoms with van der Waals surface area (Å²) in [5, 5.41) is 3.60. The Morgan fingerprint density at radius 1 is 0.962 bits per heavy atom. The molecule has 0 aromatic heterocycles. The molecule has 0 atom stereocenters. The molecule has 0 bridgehead atoms. The maximum absolute atomic E-state index is 11.4. The van der Waals surface area contributed by atoms with E-state index in [1.807, 2.05) is 18.2 Å². The number of hydrogen-bond acceptors (Lipinski definition) is 2. The standard InChI is InChI=1S/C23H30N2O/c24-23(26)22-11-5-10-21(17-22)20-9-4-8-19(16-20)13-15-25-14-12-18-6-2-1-3-7-18/h4-5,8-11,16-18,25H,1-3,6-7,12-15H2,(H2,24,26). The lowest BCUT2D eigenvalue weighted by atomic mass is 9.87. The molecule has 138 valence electrons. The van der Waals surface area contributed by atoms with E-state index < -0.39 is 0 Å². The van der Waals surface area contributed by atoms with E-state index in [-0.39, 0.29) is 5.91 Å². The summed E-state index contributed by atoms with van der Waals surface area (Å²) in [6.45, 7) is 2.14. The van der Waals surface area contributed by atoms with Gasteiger partial charge in [-0.2, -0.15) is 0 Å². The number of nitrogens with two attached hydrogens (primary N) is 1. The molecule has 3 nitrogen and oxygen atoms in total. The highest BCUT2D eigenvalue weighted by molar-refractivity contribution is 5.94. The van der Waals surface area contributed by atoms with Crippen molar-refractivity contribution in [3.05, 3.63) is 59.7 Å². The van der Waals surface area contributed by atoms with Gasteiger partial charge < -0.3 is 11.1 Å². The van der Waals surface area contributed by atoms with Gasteiger partial charge in [0, 0.05) is 5.56 Å². The van der Waals surface area contributed by atoms with Crippen LogP contribution in [0, 0.1) is 5.92 Å². The third-order valence-corrected chi connectivity index (χ3v) is 5.45. The van der Waals surface area contributed by atoms with Crippen molar-refractivity contribution in [2.75, 3.05) is 13.1 Å². The van der Waals surface area contributed by atoms with Gasteiger partial charge in [-0.05, 0) is 60.7 Å². The highest BCUT2D eigenvalue weighted by atomic mass is 16.1. The Morgan fingerprint density at radius 3 is 2.46 bits per heavy atom. The number of nitrogens with one attached hydrogen (secondary N) is 1. The molecule has 1 aliphatic carbocycles. The second-order valence-electron chi connectivity index (χ2n) is 7.44. The van der Waals surface area contributed by atoms with Crippen molar-refractivity contribution in [3.63, 3.8) is 0 Å². The molecule has 2 aromatic rings. The van der Waals surface area contributed by atoms with Crippen molar-refractivity contribution >= 4 is 5.91 Å². The van der Waals surface area contributed by atoms with Gasteiger partial charge in [-0.15, -0.1) is 0 Å². The van der Waals surface area contributed by atoms with Crippen LogP contribution in [0.5, 0.6) is 0 Å². The van der Waals surface area contributed by atoms with E-state index in [0.29, 0.717) is 5.56 Å². The number of carbonyl (C=O) groups excluding carboxylic acids is 1. The summed E-state index contributed by atoms with van der Waals surface area (Å²) >= 11 is 0. The Bertz CT molecular complexity index is 720. The van der Waals surface area contributed by atoms with Gasteiger partial charge >= 0.3 is 0 Å². The van der Waals surface area contributed by atoms with Crippen LogP contribution in [-0.2, 0) is 6.42 Å². The number of carbonyl (C=O) groups is 1. The van der Waals surface area contributed by atoms with Gasteiger partial charge in [0.25, 0.3) is 0 Å². The molecule has 0 aliphatic heterocycles. The molecule has 1 amide bonds. The van der Waals surface area contributed by atoms with Crippen molar-refractivity contribution < 1.29 is 4.79 Å². The van der Waals surface area contributed by atoms with Gasteiger partial charge in [-0.1, -0.05) is 68.5 Å². The summed E-state index contributed by atoms with van der Waals surface area (Å²) < 4.78 is 0. The normalized spacial score (nSPS) is 15.1. The maximum atomic E-state index is 11.4. The zero-order valence-electron chi connectivity index (χ0n) is 15.5. The van der Waals surface area contributed by atoms with Crippen LogP contribution in [0.3, 0.4) is 0 Å². The number of hydrogen-bond donors (Lipinski definition) is 2. The number of amides is 1. The van der Waals surface area contributed by atoms with Crippen molar-refractivity contribution in [1.82, 2.24) is 5.32 Å². The lowest BCUT2D eigenvalue weighted by molar-refractivity contribution is 0.100. The van der Waals surface area contributed by atoms with Gasteiger partial charge in [-0.25, -0.2) is 0 Å². The molecular formula is C23H30N2O. The Morgan fingerprint density at radius 2 is 1.69 bits per heavy atom. The second kappa shape index (κ2) is 9.54. The van der Waals surface area contributed by atoms with Crippen LogP contribution in [0.25, 0.3) is 11.1 Å². The Hall–Kier alpha value is -2.13. The molecule has 1 saturated carbocycles. The fourth-order valence-corrected chi connectivity index (χ4v) is 3.90. The zero-order chi connectivity index (χ0) is 18.2. The summed E-state index contributed by atoms with van der Waals surface area (Å²) in [6, 6.07) is 16.1. The zero-order valence-corrected chi connectivity index (χ0v) is 15.5. The minimum absolute atomic E-state index is 0.384. The minimum Gasteiger partial charge on any atom is -0.366 e. The fourth-order valence-electron chi connectivity index (χ4n) is 3.90. The van der Waals surface area contributed by atoms with E-state index in [9.17, 15) is 4.79 Å². The largest absolute Gasteiger partial charge is 0.366 e. The molecule has 3 heteroatoms. The lowest BCUT2D eigenvalue weighted by Crippen LogP contribution is -2.21. The smallest absolute Gasteiger partial charge is 0.248 e. The van der Waals surface area contributed by atoms with Gasteiger partial charge in [0.05, 0.1) is 0 Å². The summed E-state index contributed by atoms with van der Waals surface area (Å²) in [5.74, 6) is 0.558. The fraction of sp³-hybridized carbons (Fsp3) is 0.435. The van der Waals surface area contributed by atoms with Crippen molar-refractivity contribution in [2.24, 2.45) is 11.7 Å². The van der Waals surface area contributed by atoms with Crippen molar-refractivity contribution in [2.45, 2.75) is 44.9 Å². The van der Waals surface area contributed by atoms with Crippen molar-refractivity contribution in [1.29, 1.82) is 0 Å². The maximum Gasteiger partial charge on any atom is 0.248 e. The average Bonchev–Trinajstić information content (AvgIpc) is 2.69. The molecule has 1 aliphatic rings. The van der Waals surface area contributed by atoms with Crippen LogP contribution >= 0.6 is 0 Å². The molecule has 2 aromatic carbocycles. The Balaban J connectivity index is 1.49. The van der Waals surface area contributed by atoms with Gasteiger partial charge in [0.15, 0.2) is 0 Å². The first kappa shape index (κ1) is 18.7. The highest BCUT2D eigenvalue weighted by Crippen LogP contribution is 2.25. The summed E-state index contributed by atoms with van der Waals surface area (Å²) in [5.41, 5.74) is 9.43. The molecule has 0 radical (unpaired) electrons. The Labute approximate surface area is 157 Å². The predicted molar refractivity (Wildman–Crippen MR) is 108 cm³/mol. The van der Waals surface area contributed by atoms with Crippen molar-refractivity contribution in [3.8, 4) is 11.1 Å². The highest BCUT2D eigenvalue weighted by Gasteiger charge is 2.12. The third-order valence-electron chi connectivity index (χ3n) is 5.45.